The molecule has 0 aromatic rings. The minimum absolute atomic E-state index is 0.0794. The van der Waals surface area contributed by atoms with Crippen molar-refractivity contribution in [2.24, 2.45) is 46.3 Å². The second kappa shape index (κ2) is 16.2. The highest BCUT2D eigenvalue weighted by Gasteiger charge is 2.65. The highest BCUT2D eigenvalue weighted by Crippen LogP contribution is 2.68. The minimum Gasteiger partial charge on any atom is -0.394 e. The predicted molar refractivity (Wildman–Crippen MR) is 188 cm³/mol. The lowest BCUT2D eigenvalue weighted by molar-refractivity contribution is -0.324. The van der Waals surface area contributed by atoms with Gasteiger partial charge in [-0.3, -0.25) is 0 Å². The normalized spacial score (nSPS) is 51.2. The Morgan fingerprint density at radius 3 is 1.92 bits per heavy atom. The highest BCUT2D eigenvalue weighted by atomic mass is 16.7. The summed E-state index contributed by atoms with van der Waals surface area (Å²) in [5.41, 5.74) is 0.176. The van der Waals surface area contributed by atoms with Crippen LogP contribution in [0.3, 0.4) is 0 Å². The van der Waals surface area contributed by atoms with E-state index in [1.165, 1.54) is 0 Å². The molecule has 0 aromatic carbocycles. The third kappa shape index (κ3) is 7.42. The Morgan fingerprint density at radius 1 is 0.774 bits per heavy atom. The second-order valence-electron chi connectivity index (χ2n) is 18.1. The molecule has 5 fully saturated rings. The van der Waals surface area contributed by atoms with Gasteiger partial charge in [0.1, 0.15) is 48.8 Å². The first-order chi connectivity index (χ1) is 25.0. The summed E-state index contributed by atoms with van der Waals surface area (Å²) in [6.07, 6.45) is -9.27. The largest absolute Gasteiger partial charge is 0.394 e. The fraction of sp³-hybridized carbons (Fsp3) is 0.949. The van der Waals surface area contributed by atoms with Crippen molar-refractivity contribution < 1.29 is 70.0 Å². The van der Waals surface area contributed by atoms with Crippen molar-refractivity contribution >= 4 is 0 Å². The third-order valence-electron chi connectivity index (χ3n) is 14.7. The number of aliphatic hydroxyl groups excluding tert-OH is 10. The molecule has 6 aliphatic rings. The summed E-state index contributed by atoms with van der Waals surface area (Å²) >= 11 is 0. The summed E-state index contributed by atoms with van der Waals surface area (Å²) in [7, 11) is 0. The van der Waals surface area contributed by atoms with E-state index in [9.17, 15) is 51.1 Å². The molecule has 306 valence electrons. The fourth-order valence-corrected chi connectivity index (χ4v) is 11.7. The monoisotopic (exact) mass is 758 g/mol. The number of allylic oxidation sites excluding steroid dienone is 1. The summed E-state index contributed by atoms with van der Waals surface area (Å²) in [4.78, 5) is 0. The Labute approximate surface area is 312 Å². The van der Waals surface area contributed by atoms with E-state index in [1.807, 2.05) is 0 Å². The molecule has 0 amide bonds. The SMILES string of the molecule is CC(C)CC[C@H](O)[C@@H](C)[C@H]1[C@@H](O[C@H]2O[C@H](CO)[C@H](O)[C@@H](O)[C@H]2O)C[C@@H]2[C@@H]3CC=C4C[C@@H](O)C[C@@H](O[C@H]5O[C@H](CO)[C@@H](O)[C@@H](O)[C@H]5O)[C@]4(C)[C@@H]3CC[C@]12C. The molecule has 0 bridgehead atoms. The Balaban J connectivity index is 1.31. The maximum absolute atomic E-state index is 11.6. The summed E-state index contributed by atoms with van der Waals surface area (Å²) in [6.45, 7) is 9.58. The standard InChI is InChI=1S/C39H66O14/c1-17(2)6-9-24(43)18(3)29-25(50-36-34(48)32(46)30(44)26(15-40)51-36)14-23-21-8-7-19-12-20(42)13-28(39(19,5)22(21)10-11-38(23,29)4)53-37-35(49)33(47)31(45)27(16-41)52-37/h7,17-18,20-37,40-49H,6,8-16H2,1-5H3/t18-,20-,21-,22-,23-,24+,25+,26-,27-,28-,29+,30+,31-,32-,33-,34-,35-,36+,37-,38+,39+/m1/s1. The van der Waals surface area contributed by atoms with Crippen molar-refractivity contribution in [1.82, 2.24) is 0 Å². The van der Waals surface area contributed by atoms with Gasteiger partial charge in [0.2, 0.25) is 0 Å². The van der Waals surface area contributed by atoms with Crippen LogP contribution < -0.4 is 0 Å². The average Bonchev–Trinajstić information content (AvgIpc) is 3.42. The molecule has 14 nitrogen and oxygen atoms in total. The molecular weight excluding hydrogens is 692 g/mol. The van der Waals surface area contributed by atoms with Crippen LogP contribution in [0.2, 0.25) is 0 Å². The highest BCUT2D eigenvalue weighted by molar-refractivity contribution is 5.28. The molecule has 0 spiro atoms. The lowest BCUT2D eigenvalue weighted by atomic mass is 9.46. The van der Waals surface area contributed by atoms with Gasteiger partial charge in [-0.25, -0.2) is 0 Å². The lowest BCUT2D eigenvalue weighted by Gasteiger charge is -2.60. The van der Waals surface area contributed by atoms with Crippen molar-refractivity contribution in [1.29, 1.82) is 0 Å². The Kier molecular flexibility index (Phi) is 12.8. The van der Waals surface area contributed by atoms with E-state index in [-0.39, 0.29) is 41.4 Å². The molecule has 14 heteroatoms. The lowest BCUT2D eigenvalue weighted by Crippen LogP contribution is -2.62. The zero-order valence-corrected chi connectivity index (χ0v) is 31.8. The first-order valence-electron chi connectivity index (χ1n) is 19.9. The van der Waals surface area contributed by atoms with E-state index in [2.05, 4.69) is 40.7 Å². The van der Waals surface area contributed by atoms with Crippen LogP contribution in [0, 0.1) is 46.3 Å². The Morgan fingerprint density at radius 2 is 1.36 bits per heavy atom. The number of ether oxygens (including phenoxy) is 4. The minimum atomic E-state index is -1.59. The fourth-order valence-electron chi connectivity index (χ4n) is 11.7. The van der Waals surface area contributed by atoms with Gasteiger partial charge in [-0.1, -0.05) is 46.3 Å². The van der Waals surface area contributed by atoms with Gasteiger partial charge in [0, 0.05) is 11.8 Å². The van der Waals surface area contributed by atoms with E-state index in [1.54, 1.807) is 0 Å². The first kappa shape index (κ1) is 41.8. The number of hydrogen-bond acceptors (Lipinski definition) is 14. The Hall–Kier alpha value is -0.820. The summed E-state index contributed by atoms with van der Waals surface area (Å²) in [5, 5.41) is 106. The molecule has 6 rings (SSSR count). The maximum Gasteiger partial charge on any atom is 0.187 e. The van der Waals surface area contributed by atoms with Crippen LogP contribution in [0.1, 0.15) is 86.0 Å². The van der Waals surface area contributed by atoms with Gasteiger partial charge in [-0.05, 0) is 85.9 Å². The molecule has 0 unspecified atom stereocenters. The molecule has 0 aromatic heterocycles. The molecule has 2 heterocycles. The van der Waals surface area contributed by atoms with Crippen LogP contribution in [0.5, 0.6) is 0 Å². The number of fused-ring (bicyclic) bond motifs is 5. The van der Waals surface area contributed by atoms with E-state index < -0.39 is 104 Å². The van der Waals surface area contributed by atoms with Gasteiger partial charge in [0.15, 0.2) is 12.6 Å². The summed E-state index contributed by atoms with van der Waals surface area (Å²) in [6, 6.07) is 0. The smallest absolute Gasteiger partial charge is 0.187 e. The van der Waals surface area contributed by atoms with Crippen molar-refractivity contribution in [2.75, 3.05) is 13.2 Å². The van der Waals surface area contributed by atoms with Crippen LogP contribution in [-0.2, 0) is 18.9 Å². The van der Waals surface area contributed by atoms with Crippen LogP contribution in [0.4, 0.5) is 0 Å². The molecule has 0 radical (unpaired) electrons. The number of hydrogen-bond donors (Lipinski definition) is 10. The van der Waals surface area contributed by atoms with Gasteiger partial charge < -0.3 is 70.0 Å². The maximum atomic E-state index is 11.6. The third-order valence-corrected chi connectivity index (χ3v) is 14.7. The molecule has 4 aliphatic carbocycles. The summed E-state index contributed by atoms with van der Waals surface area (Å²) < 4.78 is 24.8. The van der Waals surface area contributed by atoms with Crippen LogP contribution in [-0.4, -0.2) is 150 Å². The van der Waals surface area contributed by atoms with Crippen LogP contribution in [0.15, 0.2) is 11.6 Å². The zero-order chi connectivity index (χ0) is 38.7. The topological polar surface area (TPSA) is 239 Å². The molecule has 2 saturated heterocycles. The van der Waals surface area contributed by atoms with Crippen molar-refractivity contribution in [3.8, 4) is 0 Å². The number of aliphatic hydroxyl groups is 10. The zero-order valence-electron chi connectivity index (χ0n) is 31.8. The van der Waals surface area contributed by atoms with Crippen LogP contribution >= 0.6 is 0 Å². The molecule has 3 saturated carbocycles. The molecule has 21 atom stereocenters. The average molecular weight is 759 g/mol. The first-order valence-corrected chi connectivity index (χ1v) is 19.9. The van der Waals surface area contributed by atoms with E-state index in [0.29, 0.717) is 25.2 Å². The molecule has 10 N–H and O–H groups in total. The Bertz CT molecular complexity index is 1260. The van der Waals surface area contributed by atoms with Gasteiger partial charge in [0.05, 0.1) is 37.6 Å². The van der Waals surface area contributed by atoms with Crippen LogP contribution in [0.25, 0.3) is 0 Å². The second-order valence-corrected chi connectivity index (χ2v) is 18.1. The van der Waals surface area contributed by atoms with E-state index >= 15 is 0 Å². The summed E-state index contributed by atoms with van der Waals surface area (Å²) in [5.74, 6) is 0.371. The van der Waals surface area contributed by atoms with Gasteiger partial charge >= 0.3 is 0 Å². The van der Waals surface area contributed by atoms with Gasteiger partial charge in [0.25, 0.3) is 0 Å². The number of rotatable bonds is 11. The van der Waals surface area contributed by atoms with Gasteiger partial charge in [-0.2, -0.15) is 0 Å². The molecule has 2 aliphatic heterocycles. The van der Waals surface area contributed by atoms with E-state index in [0.717, 1.165) is 31.3 Å². The van der Waals surface area contributed by atoms with Crippen molar-refractivity contribution in [2.45, 2.75) is 172 Å². The molecule has 53 heavy (non-hydrogen) atoms. The van der Waals surface area contributed by atoms with Crippen molar-refractivity contribution in [3.05, 3.63) is 11.6 Å². The van der Waals surface area contributed by atoms with Crippen molar-refractivity contribution in [3.63, 3.8) is 0 Å². The quantitative estimate of drug-likeness (QED) is 0.124. The predicted octanol–water partition coefficient (Wildman–Crippen LogP) is -0.0505. The van der Waals surface area contributed by atoms with Gasteiger partial charge in [-0.15, -0.1) is 0 Å². The molecular formula is C39H66O14. The van der Waals surface area contributed by atoms with E-state index in [4.69, 9.17) is 18.9 Å².